The Kier molecular flexibility index (Phi) is 26.1. The van der Waals surface area contributed by atoms with E-state index in [2.05, 4.69) is 338 Å². The van der Waals surface area contributed by atoms with Crippen LogP contribution in [0.25, 0.3) is 158 Å². The van der Waals surface area contributed by atoms with Crippen molar-refractivity contribution in [2.24, 2.45) is 21.1 Å². The average molecular weight is 1790 g/mol. The molecule has 0 fully saturated rings. The normalized spacial score (nSPS) is 12.9. The molecule has 0 saturated carbocycles. The van der Waals surface area contributed by atoms with Gasteiger partial charge in [-0.2, -0.15) is 0 Å². The van der Waals surface area contributed by atoms with Crippen LogP contribution in [-0.4, -0.2) is 13.7 Å². The number of thiophene rings is 7. The van der Waals surface area contributed by atoms with Crippen LogP contribution in [0.4, 0.5) is 0 Å². The Labute approximate surface area is 772 Å². The molecule has 10 aromatic carbocycles. The van der Waals surface area contributed by atoms with E-state index in [1.165, 1.54) is 210 Å². The number of benzene rings is 10. The molecule has 0 atom stereocenters. The molecule has 0 spiro atoms. The van der Waals surface area contributed by atoms with Crippen LogP contribution in [0.2, 0.25) is 0 Å². The number of hydrogen-bond donors (Lipinski definition) is 0. The van der Waals surface area contributed by atoms with E-state index in [4.69, 9.17) is 8.83 Å². The third-order valence-corrected chi connectivity index (χ3v) is 32.6. The largest absolute Gasteiger partial charge is 0.461 e. The Morgan fingerprint density at radius 1 is 0.238 bits per heavy atom. The molecule has 3 aliphatic rings. The van der Waals surface area contributed by atoms with Crippen molar-refractivity contribution in [3.8, 4) is 32.0 Å². The fraction of sp³-hybridized carbons (Fsp3) is 0.263. The summed E-state index contributed by atoms with van der Waals surface area (Å²) in [5.41, 5.74) is 27.3. The second kappa shape index (κ2) is 36.4. The van der Waals surface area contributed by atoms with Gasteiger partial charge in [0.25, 0.3) is 0 Å². The summed E-state index contributed by atoms with van der Waals surface area (Å²) in [5, 5.41) is 13.0. The lowest BCUT2D eigenvalue weighted by molar-refractivity contribution is 0.575. The van der Waals surface area contributed by atoms with E-state index in [0.717, 1.165) is 33.5 Å². The zero-order valence-electron chi connectivity index (χ0n) is 78.5. The maximum atomic E-state index is 5.54. The minimum Gasteiger partial charge on any atom is -0.461 e. The van der Waals surface area contributed by atoms with Gasteiger partial charge in [-0.15, -0.1) is 79.4 Å². The molecule has 0 radical (unpaired) electrons. The van der Waals surface area contributed by atoms with Gasteiger partial charge in [-0.3, -0.25) is 0 Å². The smallest absolute Gasteiger partial charge is 0.135 e. The zero-order chi connectivity index (χ0) is 90.0. The quantitative estimate of drug-likeness (QED) is 0.152. The zero-order valence-corrected chi connectivity index (χ0v) is 84.2. The number of fused-ring (bicyclic) bond motifs is 25. The highest BCUT2D eigenvalue weighted by atomic mass is 32.1. The van der Waals surface area contributed by atoms with Crippen molar-refractivity contribution < 1.29 is 8.83 Å². The number of hydrogen-bond acceptors (Lipinski definition) is 9. The van der Waals surface area contributed by atoms with Gasteiger partial charge in [0, 0.05) is 171 Å². The maximum absolute atomic E-state index is 5.54. The van der Waals surface area contributed by atoms with Crippen molar-refractivity contribution in [3.05, 3.63) is 316 Å². The molecule has 0 bridgehead atoms. The van der Waals surface area contributed by atoms with Gasteiger partial charge in [-0.1, -0.05) is 217 Å². The van der Waals surface area contributed by atoms with Crippen molar-refractivity contribution >= 4 is 206 Å². The maximum Gasteiger partial charge on any atom is 0.135 e. The summed E-state index contributed by atoms with van der Waals surface area (Å²) >= 11 is 13.4. The highest BCUT2D eigenvalue weighted by Crippen LogP contribution is 2.58. The second-order valence-electron chi connectivity index (χ2n) is 34.2. The SMILES string of the molecule is CC.CC.CC.CC.Cc1cc2c(s1)-c1sc(C)cc1C2(C)C.Cc1cc2cc3oc(C)cc3cc2o1.Cc1cc2cc3sc(C)cc3cc2s1.Cc1cc2sc3cc(C)sc3c2s1.Cc1ccc2c(c1)C(C)(C)c1cc3c(cc1-2)C(C)(C)c1cc(C)ccc1-3.Cn1c2ccccc2c2cc3c(cc21)c1ccccc1n3C.Cn1c2ccccc2c2ccccc21. The van der Waals surface area contributed by atoms with E-state index < -0.39 is 0 Å². The van der Waals surface area contributed by atoms with E-state index in [1.807, 2.05) is 173 Å². The van der Waals surface area contributed by atoms with Crippen molar-refractivity contribution in [3.63, 3.8) is 0 Å². The molecule has 0 N–H and O–H groups in total. The lowest BCUT2D eigenvalue weighted by Crippen LogP contribution is -2.17. The van der Waals surface area contributed by atoms with Crippen LogP contribution in [0.3, 0.4) is 0 Å². The molecule has 12 heterocycles. The molecule has 644 valence electrons. The predicted molar refractivity (Wildman–Crippen MR) is 567 cm³/mol. The molecule has 0 aliphatic heterocycles. The lowest BCUT2D eigenvalue weighted by atomic mass is 9.79. The van der Waals surface area contributed by atoms with Gasteiger partial charge in [0.15, 0.2) is 0 Å². The van der Waals surface area contributed by atoms with Gasteiger partial charge >= 0.3 is 0 Å². The van der Waals surface area contributed by atoms with Gasteiger partial charge in [0.1, 0.15) is 22.7 Å². The van der Waals surface area contributed by atoms with E-state index in [0.29, 0.717) is 0 Å². The third kappa shape index (κ3) is 16.5. The van der Waals surface area contributed by atoms with E-state index in [9.17, 15) is 0 Å². The minimum absolute atomic E-state index is 0.0588. The Morgan fingerprint density at radius 2 is 0.548 bits per heavy atom. The van der Waals surface area contributed by atoms with Crippen LogP contribution in [0, 0.1) is 69.2 Å². The number of para-hydroxylation sites is 4. The van der Waals surface area contributed by atoms with E-state index >= 15 is 0 Å². The number of aromatic nitrogens is 3. The van der Waals surface area contributed by atoms with Crippen LogP contribution >= 0.6 is 79.4 Å². The molecule has 0 unspecified atom stereocenters. The second-order valence-corrected chi connectivity index (χ2v) is 42.9. The molecule has 25 rings (SSSR count). The Hall–Kier alpha value is -10.4. The van der Waals surface area contributed by atoms with Crippen LogP contribution < -0.4 is 0 Å². The third-order valence-electron chi connectivity index (χ3n) is 24.7. The van der Waals surface area contributed by atoms with Gasteiger partial charge < -0.3 is 22.5 Å². The first-order valence-corrected chi connectivity index (χ1v) is 50.3. The molecule has 12 aromatic heterocycles. The molecule has 12 heteroatoms. The highest BCUT2D eigenvalue weighted by Gasteiger charge is 2.42. The Balaban J connectivity index is 0.000000113. The Bertz CT molecular complexity index is 7130. The first kappa shape index (κ1) is 90.4. The van der Waals surface area contributed by atoms with Crippen LogP contribution in [0.5, 0.6) is 0 Å². The van der Waals surface area contributed by atoms with Crippen molar-refractivity contribution in [2.45, 2.75) is 182 Å². The summed E-state index contributed by atoms with van der Waals surface area (Å²) in [5.74, 6) is 1.87. The summed E-state index contributed by atoms with van der Waals surface area (Å²) in [4.78, 5) is 11.6. The fourth-order valence-electron chi connectivity index (χ4n) is 18.8. The minimum atomic E-state index is 0.0588. The lowest BCUT2D eigenvalue weighted by Gasteiger charge is -2.24. The molecular formula is C114H119N3O2S7. The highest BCUT2D eigenvalue weighted by molar-refractivity contribution is 7.38. The van der Waals surface area contributed by atoms with Gasteiger partial charge in [0.2, 0.25) is 0 Å². The molecule has 0 saturated heterocycles. The molecule has 5 nitrogen and oxygen atoms in total. The number of aryl methyl sites for hydroxylation is 13. The number of nitrogens with zero attached hydrogens (tertiary/aromatic N) is 3. The first-order chi connectivity index (χ1) is 60.5. The van der Waals surface area contributed by atoms with E-state index in [1.54, 1.807) is 0 Å². The Morgan fingerprint density at radius 3 is 0.913 bits per heavy atom. The summed E-state index contributed by atoms with van der Waals surface area (Å²) in [7, 11) is 6.42. The van der Waals surface area contributed by atoms with Crippen molar-refractivity contribution in [2.75, 3.05) is 0 Å². The van der Waals surface area contributed by atoms with Crippen molar-refractivity contribution in [1.29, 1.82) is 0 Å². The molecule has 22 aromatic rings. The van der Waals surface area contributed by atoms with Crippen LogP contribution in [0.15, 0.2) is 239 Å². The summed E-state index contributed by atoms with van der Waals surface area (Å²) in [6.07, 6.45) is 0. The summed E-state index contributed by atoms with van der Waals surface area (Å²) in [6, 6.07) is 84.4. The van der Waals surface area contributed by atoms with Gasteiger partial charge in [-0.25, -0.2) is 0 Å². The standard InChI is InChI=1S/C26H26.C20H16N2.C13H11N.C13H14S2.C12H10O2.C12H10S2.C10H8S3.4C2H6/c1-15-7-9-17-19-13-24-20(14-23(19)25(3,4)21(17)11-15)18-10-8-16(2)12-22(18)26(24,5)6;1-21-17-9-5-3-7-13(17)15-12-20-16(11-19(15)21)14-8-4-6-10-18(14)22(20)2;1-14-12-8-4-2-6-10(12)11-7-3-5-9-13(11)14;1-7-5-9-11(14-7)12-10(13(9,3)4)6-8(2)15-12;2*1-7-3-9-5-12-10(4-8(2)14-12)6-11(9)13-7;1-5-3-7-9(11-5)10-8(13-7)4-6(2)12-10;4*1-2/h7-14H,1-6H3;3-12H,1-2H3;2-9H,1H3;5-6H,1-4H3;2*3-6H,1-2H3;3-4H,1-2H3;4*1-2H3. The molecule has 126 heavy (non-hydrogen) atoms. The average Bonchev–Trinajstić information content (AvgIpc) is 1.54. The van der Waals surface area contributed by atoms with E-state index in [-0.39, 0.29) is 16.2 Å². The molecule has 0 amide bonds. The predicted octanol–water partition coefficient (Wildman–Crippen LogP) is 37.4. The number of furan rings is 2. The first-order valence-electron chi connectivity index (χ1n) is 44.6. The van der Waals surface area contributed by atoms with Crippen molar-refractivity contribution in [1.82, 2.24) is 13.7 Å². The van der Waals surface area contributed by atoms with Gasteiger partial charge in [-0.05, 0) is 257 Å². The topological polar surface area (TPSA) is 41.1 Å². The summed E-state index contributed by atoms with van der Waals surface area (Å²) < 4.78 is 26.7. The monoisotopic (exact) mass is 1790 g/mol. The van der Waals surface area contributed by atoms with Crippen LogP contribution in [-0.2, 0) is 37.4 Å². The summed E-state index contributed by atoms with van der Waals surface area (Å²) in [6.45, 7) is 51.6. The number of rotatable bonds is 0. The molecule has 3 aliphatic carbocycles. The van der Waals surface area contributed by atoms with Crippen LogP contribution in [0.1, 0.15) is 182 Å². The fourth-order valence-corrected chi connectivity index (χ4v) is 27.1. The molecular weight excluding hydrogens is 1670 g/mol. The van der Waals surface area contributed by atoms with Gasteiger partial charge in [0.05, 0.1) is 9.40 Å².